The van der Waals surface area contributed by atoms with E-state index in [1.165, 1.54) is 6.92 Å². The summed E-state index contributed by atoms with van der Waals surface area (Å²) >= 11 is 0. The van der Waals surface area contributed by atoms with Crippen molar-refractivity contribution in [3.8, 4) is 0 Å². The number of amides is 2. The maximum atomic E-state index is 11.7. The lowest BCUT2D eigenvalue weighted by molar-refractivity contribution is -0.138. The molecule has 0 bridgehead atoms. The van der Waals surface area contributed by atoms with Crippen LogP contribution < -0.4 is 10.6 Å². The van der Waals surface area contributed by atoms with Gasteiger partial charge in [0.2, 0.25) is 5.96 Å². The second-order valence-electron chi connectivity index (χ2n) is 6.75. The Kier molecular flexibility index (Phi) is 7.01. The van der Waals surface area contributed by atoms with Crippen molar-refractivity contribution in [3.63, 3.8) is 0 Å². The number of rotatable bonds is 2. The highest BCUT2D eigenvalue weighted by Gasteiger charge is 2.22. The van der Waals surface area contributed by atoms with Crippen LogP contribution in [0.25, 0.3) is 0 Å². The van der Waals surface area contributed by atoms with Crippen molar-refractivity contribution in [2.75, 3.05) is 0 Å². The first-order chi connectivity index (χ1) is 10.2. The van der Waals surface area contributed by atoms with Crippen molar-refractivity contribution in [1.29, 1.82) is 0 Å². The van der Waals surface area contributed by atoms with Gasteiger partial charge in [-0.2, -0.15) is 0 Å². The second-order valence-corrected chi connectivity index (χ2v) is 6.75. The zero-order chi connectivity index (χ0) is 18.4. The van der Waals surface area contributed by atoms with Crippen LogP contribution in [0.1, 0.15) is 48.5 Å². The number of carboxylic acid groups (broad SMARTS) is 1. The van der Waals surface area contributed by atoms with Crippen LogP contribution in [0.4, 0.5) is 9.59 Å². The average molecular weight is 331 g/mol. The van der Waals surface area contributed by atoms with Crippen molar-refractivity contribution in [2.24, 2.45) is 4.99 Å². The molecule has 2 amide bonds. The van der Waals surface area contributed by atoms with E-state index in [1.54, 1.807) is 41.5 Å². The van der Waals surface area contributed by atoms with Crippen LogP contribution >= 0.6 is 0 Å². The van der Waals surface area contributed by atoms with Gasteiger partial charge in [-0.25, -0.2) is 19.4 Å². The Morgan fingerprint density at radius 3 is 1.52 bits per heavy atom. The van der Waals surface area contributed by atoms with E-state index in [0.717, 1.165) is 0 Å². The standard InChI is InChI=1S/C14H25N3O6/c1-8(9(18)19)15-10(16-11(20)22-13(2,3)4)17-12(21)23-14(5,6)7/h8H,1-7H3,(H,18,19)(H2,15,16,17,20,21). The molecule has 9 heteroatoms. The van der Waals surface area contributed by atoms with Crippen LogP contribution in [0, 0.1) is 0 Å². The highest BCUT2D eigenvalue weighted by molar-refractivity contribution is 6.02. The molecule has 0 aromatic heterocycles. The number of ether oxygens (including phenoxy) is 2. The summed E-state index contributed by atoms with van der Waals surface area (Å²) in [5.41, 5.74) is -1.53. The fraction of sp³-hybridized carbons (Fsp3) is 0.714. The Morgan fingerprint density at radius 2 is 1.26 bits per heavy atom. The minimum atomic E-state index is -1.22. The molecule has 0 spiro atoms. The van der Waals surface area contributed by atoms with Gasteiger partial charge in [-0.15, -0.1) is 0 Å². The molecular weight excluding hydrogens is 306 g/mol. The Morgan fingerprint density at radius 1 is 0.913 bits per heavy atom. The van der Waals surface area contributed by atoms with E-state index in [4.69, 9.17) is 14.6 Å². The van der Waals surface area contributed by atoms with Gasteiger partial charge in [0.1, 0.15) is 17.2 Å². The third-order valence-corrected chi connectivity index (χ3v) is 1.92. The van der Waals surface area contributed by atoms with Gasteiger partial charge in [0.05, 0.1) is 0 Å². The molecule has 0 heterocycles. The molecular formula is C14H25N3O6. The smallest absolute Gasteiger partial charge is 0.414 e. The van der Waals surface area contributed by atoms with Crippen molar-refractivity contribution >= 4 is 24.1 Å². The number of guanidine groups is 1. The first-order valence-electron chi connectivity index (χ1n) is 7.00. The summed E-state index contributed by atoms with van der Waals surface area (Å²) in [5, 5.41) is 13.3. The third-order valence-electron chi connectivity index (χ3n) is 1.92. The molecule has 9 nitrogen and oxygen atoms in total. The highest BCUT2D eigenvalue weighted by atomic mass is 16.6. The molecule has 0 saturated carbocycles. The fourth-order valence-electron chi connectivity index (χ4n) is 1.15. The van der Waals surface area contributed by atoms with E-state index < -0.39 is 35.4 Å². The lowest BCUT2D eigenvalue weighted by Gasteiger charge is -2.22. The Labute approximate surface area is 135 Å². The third kappa shape index (κ3) is 11.0. The number of nitrogens with one attached hydrogen (secondary N) is 2. The van der Waals surface area contributed by atoms with Crippen LogP contribution in [0.3, 0.4) is 0 Å². The van der Waals surface area contributed by atoms with Gasteiger partial charge >= 0.3 is 18.2 Å². The number of aliphatic carboxylic acids is 1. The number of carbonyl (C=O) groups excluding carboxylic acids is 2. The summed E-state index contributed by atoms with van der Waals surface area (Å²) in [4.78, 5) is 38.0. The fourth-order valence-corrected chi connectivity index (χ4v) is 1.15. The first-order valence-corrected chi connectivity index (χ1v) is 7.00. The molecule has 0 aliphatic carbocycles. The number of carboxylic acids is 1. The summed E-state index contributed by atoms with van der Waals surface area (Å²) < 4.78 is 10.0. The minimum absolute atomic E-state index is 0.372. The van der Waals surface area contributed by atoms with Crippen LogP contribution in [-0.4, -0.2) is 46.5 Å². The van der Waals surface area contributed by atoms with Crippen molar-refractivity contribution in [3.05, 3.63) is 0 Å². The van der Waals surface area contributed by atoms with Crippen LogP contribution in [0.2, 0.25) is 0 Å². The monoisotopic (exact) mass is 331 g/mol. The summed E-state index contributed by atoms with van der Waals surface area (Å²) in [6.45, 7) is 11.2. The molecule has 0 radical (unpaired) electrons. The van der Waals surface area contributed by atoms with Crippen LogP contribution in [0.15, 0.2) is 4.99 Å². The van der Waals surface area contributed by atoms with Gasteiger partial charge in [-0.3, -0.25) is 10.6 Å². The van der Waals surface area contributed by atoms with E-state index in [-0.39, 0.29) is 5.96 Å². The zero-order valence-electron chi connectivity index (χ0n) is 14.5. The number of hydrogen-bond acceptors (Lipinski definition) is 6. The van der Waals surface area contributed by atoms with Gasteiger partial charge in [0.25, 0.3) is 0 Å². The molecule has 0 rings (SSSR count). The predicted molar refractivity (Wildman–Crippen MR) is 83.3 cm³/mol. The second kappa shape index (κ2) is 7.80. The van der Waals surface area contributed by atoms with E-state index in [2.05, 4.69) is 15.6 Å². The predicted octanol–water partition coefficient (Wildman–Crippen LogP) is 1.86. The number of alkyl carbamates (subject to hydrolysis) is 2. The molecule has 0 fully saturated rings. The van der Waals surface area contributed by atoms with Crippen molar-refractivity contribution < 1.29 is 29.0 Å². The van der Waals surface area contributed by atoms with Gasteiger partial charge in [0, 0.05) is 0 Å². The van der Waals surface area contributed by atoms with Gasteiger partial charge in [-0.1, -0.05) is 0 Å². The normalized spacial score (nSPS) is 12.7. The number of aliphatic imine (C=N–C) groups is 1. The molecule has 23 heavy (non-hydrogen) atoms. The largest absolute Gasteiger partial charge is 0.480 e. The van der Waals surface area contributed by atoms with Crippen molar-refractivity contribution in [2.45, 2.75) is 65.7 Å². The summed E-state index contributed by atoms with van der Waals surface area (Å²) in [6, 6.07) is -1.19. The summed E-state index contributed by atoms with van der Waals surface area (Å²) in [6.07, 6.45) is -1.77. The van der Waals surface area contributed by atoms with E-state index in [9.17, 15) is 14.4 Å². The number of nitrogens with zero attached hydrogens (tertiary/aromatic N) is 1. The zero-order valence-corrected chi connectivity index (χ0v) is 14.5. The summed E-state index contributed by atoms with van der Waals surface area (Å²) in [7, 11) is 0. The molecule has 0 aromatic rings. The van der Waals surface area contributed by atoms with Crippen LogP contribution in [-0.2, 0) is 14.3 Å². The van der Waals surface area contributed by atoms with Gasteiger partial charge < -0.3 is 14.6 Å². The molecule has 0 saturated heterocycles. The molecule has 1 unspecified atom stereocenters. The van der Waals surface area contributed by atoms with E-state index in [0.29, 0.717) is 0 Å². The average Bonchev–Trinajstić information content (AvgIpc) is 2.22. The van der Waals surface area contributed by atoms with Crippen molar-refractivity contribution in [1.82, 2.24) is 10.6 Å². The van der Waals surface area contributed by atoms with E-state index in [1.807, 2.05) is 0 Å². The SMILES string of the molecule is CC(N=C(NC(=O)OC(C)(C)C)NC(=O)OC(C)(C)C)C(=O)O. The molecule has 0 aromatic carbocycles. The lowest BCUT2D eigenvalue weighted by atomic mass is 10.2. The van der Waals surface area contributed by atoms with E-state index >= 15 is 0 Å². The van der Waals surface area contributed by atoms with Gasteiger partial charge in [-0.05, 0) is 48.5 Å². The summed E-state index contributed by atoms with van der Waals surface area (Å²) in [5.74, 6) is -1.59. The molecule has 0 aliphatic rings. The Bertz CT molecular complexity index is 456. The maximum absolute atomic E-state index is 11.7. The minimum Gasteiger partial charge on any atom is -0.480 e. The molecule has 1 atom stereocenters. The molecule has 3 N–H and O–H groups in total. The Balaban J connectivity index is 5.07. The highest BCUT2D eigenvalue weighted by Crippen LogP contribution is 2.07. The maximum Gasteiger partial charge on any atom is 0.414 e. The Hall–Kier alpha value is -2.32. The van der Waals surface area contributed by atoms with Gasteiger partial charge in [0.15, 0.2) is 0 Å². The topological polar surface area (TPSA) is 126 Å². The first kappa shape index (κ1) is 20.7. The van der Waals surface area contributed by atoms with Crippen LogP contribution in [0.5, 0.6) is 0 Å². The number of carbonyl (C=O) groups is 3. The molecule has 0 aliphatic heterocycles. The number of hydrogen-bond donors (Lipinski definition) is 3. The quantitative estimate of drug-likeness (QED) is 0.524. The lowest BCUT2D eigenvalue weighted by Crippen LogP contribution is -2.47. The molecule has 132 valence electrons.